The minimum absolute atomic E-state index is 0.160. The summed E-state index contributed by atoms with van der Waals surface area (Å²) in [5.41, 5.74) is 5.48. The van der Waals surface area contributed by atoms with Gasteiger partial charge >= 0.3 is 0 Å². The topological polar surface area (TPSA) is 84.2 Å². The van der Waals surface area contributed by atoms with Crippen molar-refractivity contribution in [3.63, 3.8) is 0 Å². The average Bonchev–Trinajstić information content (AvgIpc) is 2.12. The molecule has 4 N–H and O–H groups in total. The normalized spacial score (nSPS) is 14.4. The number of hydrogen-bond acceptors (Lipinski definition) is 3. The Morgan fingerprint density at radius 3 is 2.19 bits per heavy atom. The molecular formula is C11H23N3O2. The molecule has 0 aromatic carbocycles. The fraction of sp³-hybridized carbons (Fsp3) is 0.818. The van der Waals surface area contributed by atoms with Gasteiger partial charge in [0.25, 0.3) is 0 Å². The predicted octanol–water partition coefficient (Wildman–Crippen LogP) is 0.000600. The number of carbonyl (C=O) groups is 2. The lowest BCUT2D eigenvalue weighted by Gasteiger charge is -2.15. The molecule has 94 valence electrons. The summed E-state index contributed by atoms with van der Waals surface area (Å²) < 4.78 is 0. The molecule has 0 aromatic heterocycles. The molecule has 5 heteroatoms. The Balaban J connectivity index is 3.91. The van der Waals surface area contributed by atoms with Crippen molar-refractivity contribution < 1.29 is 9.59 Å². The molecule has 0 heterocycles. The van der Waals surface area contributed by atoms with Crippen LogP contribution in [0.4, 0.5) is 0 Å². The maximum absolute atomic E-state index is 11.5. The smallest absolute Gasteiger partial charge is 0.242 e. The van der Waals surface area contributed by atoms with Crippen LogP contribution in [0, 0.1) is 5.92 Å². The lowest BCUT2D eigenvalue weighted by Crippen LogP contribution is -2.46. The standard InChI is InChI=1S/C11H23N3O2/c1-7(2)6-13-11(16)9(4)14-10(15)5-8(3)12/h7-9H,5-6,12H2,1-4H3,(H,13,16)(H,14,15). The molecule has 0 aliphatic heterocycles. The maximum Gasteiger partial charge on any atom is 0.242 e. The Morgan fingerprint density at radius 2 is 1.75 bits per heavy atom. The Bertz CT molecular complexity index is 239. The Kier molecular flexibility index (Phi) is 6.72. The molecule has 0 fully saturated rings. The van der Waals surface area contributed by atoms with Gasteiger partial charge in [0.05, 0.1) is 0 Å². The van der Waals surface area contributed by atoms with Crippen molar-refractivity contribution in [2.75, 3.05) is 6.54 Å². The lowest BCUT2D eigenvalue weighted by molar-refractivity contribution is -0.128. The van der Waals surface area contributed by atoms with Crippen LogP contribution in [0.25, 0.3) is 0 Å². The summed E-state index contributed by atoms with van der Waals surface area (Å²) in [4.78, 5) is 22.8. The van der Waals surface area contributed by atoms with Gasteiger partial charge < -0.3 is 16.4 Å². The van der Waals surface area contributed by atoms with Crippen LogP contribution in [-0.4, -0.2) is 30.4 Å². The lowest BCUT2D eigenvalue weighted by atomic mass is 10.2. The van der Waals surface area contributed by atoms with Gasteiger partial charge in [-0.05, 0) is 19.8 Å². The number of hydrogen-bond donors (Lipinski definition) is 3. The third-order valence-corrected chi connectivity index (χ3v) is 1.96. The molecule has 0 spiro atoms. The van der Waals surface area contributed by atoms with E-state index in [0.717, 1.165) is 0 Å². The van der Waals surface area contributed by atoms with Gasteiger partial charge in [-0.15, -0.1) is 0 Å². The highest BCUT2D eigenvalue weighted by molar-refractivity contribution is 5.87. The molecule has 2 amide bonds. The van der Waals surface area contributed by atoms with Gasteiger partial charge in [0, 0.05) is 19.0 Å². The van der Waals surface area contributed by atoms with E-state index < -0.39 is 6.04 Å². The summed E-state index contributed by atoms with van der Waals surface area (Å²) in [6.07, 6.45) is 0.238. The number of carbonyl (C=O) groups excluding carboxylic acids is 2. The van der Waals surface area contributed by atoms with E-state index in [2.05, 4.69) is 10.6 Å². The molecule has 0 bridgehead atoms. The van der Waals surface area contributed by atoms with Crippen LogP contribution in [0.3, 0.4) is 0 Å². The zero-order valence-corrected chi connectivity index (χ0v) is 10.5. The summed E-state index contributed by atoms with van der Waals surface area (Å²) >= 11 is 0. The van der Waals surface area contributed by atoms with Gasteiger partial charge in [0.15, 0.2) is 0 Å². The van der Waals surface area contributed by atoms with Crippen molar-refractivity contribution >= 4 is 11.8 Å². The third kappa shape index (κ3) is 7.23. The van der Waals surface area contributed by atoms with E-state index in [1.807, 2.05) is 13.8 Å². The van der Waals surface area contributed by atoms with Crippen LogP contribution in [0.15, 0.2) is 0 Å². The first-order valence-electron chi connectivity index (χ1n) is 5.65. The highest BCUT2D eigenvalue weighted by Gasteiger charge is 2.15. The van der Waals surface area contributed by atoms with Crippen molar-refractivity contribution in [2.45, 2.75) is 46.2 Å². The summed E-state index contributed by atoms with van der Waals surface area (Å²) in [6.45, 7) is 8.06. The van der Waals surface area contributed by atoms with Crippen molar-refractivity contribution in [1.29, 1.82) is 0 Å². The minimum Gasteiger partial charge on any atom is -0.354 e. The molecule has 0 aromatic rings. The van der Waals surface area contributed by atoms with E-state index in [9.17, 15) is 9.59 Å². The summed E-state index contributed by atoms with van der Waals surface area (Å²) in [6, 6.07) is -0.698. The monoisotopic (exact) mass is 229 g/mol. The zero-order valence-electron chi connectivity index (χ0n) is 10.5. The molecule has 5 nitrogen and oxygen atoms in total. The Labute approximate surface area is 97.2 Å². The molecule has 2 atom stereocenters. The van der Waals surface area contributed by atoms with E-state index in [1.54, 1.807) is 13.8 Å². The molecule has 0 radical (unpaired) electrons. The van der Waals surface area contributed by atoms with Crippen molar-refractivity contribution in [1.82, 2.24) is 10.6 Å². The van der Waals surface area contributed by atoms with Gasteiger partial charge in [-0.2, -0.15) is 0 Å². The molecular weight excluding hydrogens is 206 g/mol. The number of rotatable bonds is 6. The molecule has 0 aliphatic carbocycles. The molecule has 2 unspecified atom stereocenters. The highest BCUT2D eigenvalue weighted by atomic mass is 16.2. The van der Waals surface area contributed by atoms with E-state index in [1.165, 1.54) is 0 Å². The van der Waals surface area contributed by atoms with Crippen LogP contribution < -0.4 is 16.4 Å². The second-order valence-electron chi connectivity index (χ2n) is 4.61. The van der Waals surface area contributed by atoms with E-state index in [-0.39, 0.29) is 24.3 Å². The zero-order chi connectivity index (χ0) is 12.7. The van der Waals surface area contributed by atoms with Gasteiger partial charge in [-0.3, -0.25) is 9.59 Å². The third-order valence-electron chi connectivity index (χ3n) is 1.96. The maximum atomic E-state index is 11.5. The fourth-order valence-corrected chi connectivity index (χ4v) is 1.12. The molecule has 0 aliphatic rings. The van der Waals surface area contributed by atoms with Crippen LogP contribution in [-0.2, 0) is 9.59 Å². The minimum atomic E-state index is -0.509. The fourth-order valence-electron chi connectivity index (χ4n) is 1.12. The summed E-state index contributed by atoms with van der Waals surface area (Å²) in [7, 11) is 0. The van der Waals surface area contributed by atoms with Crippen molar-refractivity contribution in [3.8, 4) is 0 Å². The molecule has 0 saturated carbocycles. The van der Waals surface area contributed by atoms with Crippen molar-refractivity contribution in [2.24, 2.45) is 11.7 Å². The average molecular weight is 229 g/mol. The van der Waals surface area contributed by atoms with Crippen molar-refractivity contribution in [3.05, 3.63) is 0 Å². The molecule has 0 saturated heterocycles. The van der Waals surface area contributed by atoms with Gasteiger partial charge in [-0.1, -0.05) is 13.8 Å². The first-order valence-corrected chi connectivity index (χ1v) is 5.65. The summed E-state index contributed by atoms with van der Waals surface area (Å²) in [5.74, 6) is 0.0461. The van der Waals surface area contributed by atoms with E-state index >= 15 is 0 Å². The molecule has 0 rings (SSSR count). The van der Waals surface area contributed by atoms with Gasteiger partial charge in [-0.25, -0.2) is 0 Å². The summed E-state index contributed by atoms with van der Waals surface area (Å²) in [5, 5.41) is 5.36. The van der Waals surface area contributed by atoms with Crippen LogP contribution in [0.5, 0.6) is 0 Å². The SMILES string of the molecule is CC(C)CNC(=O)C(C)NC(=O)CC(C)N. The van der Waals surface area contributed by atoms with Crippen LogP contribution >= 0.6 is 0 Å². The molecule has 16 heavy (non-hydrogen) atoms. The second-order valence-corrected chi connectivity index (χ2v) is 4.61. The largest absolute Gasteiger partial charge is 0.354 e. The van der Waals surface area contributed by atoms with Gasteiger partial charge in [0.2, 0.25) is 11.8 Å². The number of nitrogens with one attached hydrogen (secondary N) is 2. The first kappa shape index (κ1) is 14.9. The van der Waals surface area contributed by atoms with Crippen LogP contribution in [0.2, 0.25) is 0 Å². The second kappa shape index (κ2) is 7.22. The number of amides is 2. The Hall–Kier alpha value is -1.10. The van der Waals surface area contributed by atoms with E-state index in [0.29, 0.717) is 12.5 Å². The Morgan fingerprint density at radius 1 is 1.19 bits per heavy atom. The first-order chi connectivity index (χ1) is 7.32. The number of nitrogens with two attached hydrogens (primary N) is 1. The van der Waals surface area contributed by atoms with E-state index in [4.69, 9.17) is 5.73 Å². The highest BCUT2D eigenvalue weighted by Crippen LogP contribution is 1.91. The van der Waals surface area contributed by atoms with Crippen LogP contribution in [0.1, 0.15) is 34.1 Å². The predicted molar refractivity (Wildman–Crippen MR) is 63.7 cm³/mol. The van der Waals surface area contributed by atoms with Gasteiger partial charge in [0.1, 0.15) is 6.04 Å². The quantitative estimate of drug-likeness (QED) is 0.599.